The molecule has 19 heavy (non-hydrogen) atoms. The molecule has 5 nitrogen and oxygen atoms in total. The van der Waals surface area contributed by atoms with Gasteiger partial charge in [0.25, 0.3) is 5.91 Å². The van der Waals surface area contributed by atoms with Gasteiger partial charge in [0.1, 0.15) is 0 Å². The second-order valence-corrected chi connectivity index (χ2v) is 4.21. The number of carbonyl (C=O) groups excluding carboxylic acids is 1. The van der Waals surface area contributed by atoms with Crippen molar-refractivity contribution in [3.05, 3.63) is 29.8 Å². The maximum atomic E-state index is 11.7. The first-order valence-corrected chi connectivity index (χ1v) is 6.29. The van der Waals surface area contributed by atoms with Gasteiger partial charge in [-0.25, -0.2) is 0 Å². The van der Waals surface area contributed by atoms with E-state index >= 15 is 0 Å². The average molecular weight is 258 g/mol. The molecule has 1 fully saturated rings. The SMILES string of the molecule is N#CCCNC(=O)c1ccc(B2OCCCO2)cc1. The van der Waals surface area contributed by atoms with Crippen LogP contribution in [0.4, 0.5) is 0 Å². The first-order valence-electron chi connectivity index (χ1n) is 6.29. The molecule has 0 bridgehead atoms. The van der Waals surface area contributed by atoms with Crippen LogP contribution in [0.2, 0.25) is 0 Å². The van der Waals surface area contributed by atoms with E-state index in [0.29, 0.717) is 31.7 Å². The number of nitrogens with one attached hydrogen (secondary N) is 1. The van der Waals surface area contributed by atoms with E-state index in [-0.39, 0.29) is 13.0 Å². The zero-order chi connectivity index (χ0) is 13.5. The number of nitrogens with zero attached hydrogens (tertiary/aromatic N) is 1. The second-order valence-electron chi connectivity index (χ2n) is 4.21. The van der Waals surface area contributed by atoms with E-state index in [9.17, 15) is 4.79 Å². The number of benzene rings is 1. The van der Waals surface area contributed by atoms with Crippen LogP contribution in [0, 0.1) is 11.3 Å². The maximum absolute atomic E-state index is 11.7. The standard InChI is InChI=1S/C13H15BN2O3/c15-7-1-8-16-13(17)11-3-5-12(6-4-11)14-18-9-2-10-19-14/h3-6H,1-2,8-10H2,(H,16,17). The summed E-state index contributed by atoms with van der Waals surface area (Å²) >= 11 is 0. The lowest BCUT2D eigenvalue weighted by atomic mass is 9.78. The fourth-order valence-corrected chi connectivity index (χ4v) is 1.81. The Kier molecular flexibility index (Phi) is 4.96. The van der Waals surface area contributed by atoms with E-state index in [4.69, 9.17) is 14.6 Å². The van der Waals surface area contributed by atoms with Gasteiger partial charge in [-0.1, -0.05) is 12.1 Å². The van der Waals surface area contributed by atoms with Crippen molar-refractivity contribution in [2.75, 3.05) is 19.8 Å². The Morgan fingerprint density at radius 2 is 2.00 bits per heavy atom. The van der Waals surface area contributed by atoms with Crippen molar-refractivity contribution in [3.8, 4) is 6.07 Å². The average Bonchev–Trinajstić information content (AvgIpc) is 2.48. The molecule has 2 rings (SSSR count). The highest BCUT2D eigenvalue weighted by Crippen LogP contribution is 2.04. The molecule has 1 aliphatic rings. The summed E-state index contributed by atoms with van der Waals surface area (Å²) in [5, 5.41) is 11.1. The van der Waals surface area contributed by atoms with Gasteiger partial charge in [0.2, 0.25) is 0 Å². The van der Waals surface area contributed by atoms with Crippen LogP contribution in [-0.4, -0.2) is 32.8 Å². The predicted molar refractivity (Wildman–Crippen MR) is 70.9 cm³/mol. The Morgan fingerprint density at radius 1 is 1.32 bits per heavy atom. The summed E-state index contributed by atoms with van der Waals surface area (Å²) in [6, 6.07) is 9.10. The lowest BCUT2D eigenvalue weighted by molar-refractivity contribution is 0.0954. The zero-order valence-electron chi connectivity index (χ0n) is 10.6. The molecule has 1 aromatic rings. The van der Waals surface area contributed by atoms with E-state index < -0.39 is 0 Å². The molecule has 1 aromatic carbocycles. The van der Waals surface area contributed by atoms with Crippen molar-refractivity contribution in [2.45, 2.75) is 12.8 Å². The molecule has 0 unspecified atom stereocenters. The van der Waals surface area contributed by atoms with Crippen LogP contribution >= 0.6 is 0 Å². The van der Waals surface area contributed by atoms with E-state index in [1.54, 1.807) is 12.1 Å². The largest absolute Gasteiger partial charge is 0.493 e. The van der Waals surface area contributed by atoms with Crippen LogP contribution in [0.15, 0.2) is 24.3 Å². The minimum absolute atomic E-state index is 0.174. The van der Waals surface area contributed by atoms with E-state index in [1.807, 2.05) is 18.2 Å². The van der Waals surface area contributed by atoms with Gasteiger partial charge in [-0.3, -0.25) is 4.79 Å². The summed E-state index contributed by atoms with van der Waals surface area (Å²) in [5.41, 5.74) is 1.48. The highest BCUT2D eigenvalue weighted by atomic mass is 16.6. The monoisotopic (exact) mass is 258 g/mol. The van der Waals surface area contributed by atoms with Crippen LogP contribution in [0.5, 0.6) is 0 Å². The van der Waals surface area contributed by atoms with Crippen molar-refractivity contribution in [3.63, 3.8) is 0 Å². The Bertz CT molecular complexity index is 464. The molecule has 1 amide bonds. The summed E-state index contributed by atoms with van der Waals surface area (Å²) in [5.74, 6) is -0.174. The summed E-state index contributed by atoms with van der Waals surface area (Å²) in [6.45, 7) is 1.76. The molecule has 1 aliphatic heterocycles. The predicted octanol–water partition coefficient (Wildman–Crippen LogP) is 0.462. The summed E-state index contributed by atoms with van der Waals surface area (Å²) < 4.78 is 11.0. The minimum atomic E-state index is -0.329. The molecule has 0 spiro atoms. The van der Waals surface area contributed by atoms with E-state index in [1.165, 1.54) is 0 Å². The van der Waals surface area contributed by atoms with Crippen molar-refractivity contribution >= 4 is 18.5 Å². The molecule has 0 aromatic heterocycles. The third kappa shape index (κ3) is 3.81. The normalized spacial score (nSPS) is 14.8. The summed E-state index contributed by atoms with van der Waals surface area (Å²) in [7, 11) is -0.329. The van der Waals surface area contributed by atoms with Crippen molar-refractivity contribution < 1.29 is 14.1 Å². The second kappa shape index (κ2) is 6.93. The van der Waals surface area contributed by atoms with Crippen LogP contribution in [0.3, 0.4) is 0 Å². The quantitative estimate of drug-likeness (QED) is 0.629. The molecular formula is C13H15BN2O3. The molecule has 0 atom stereocenters. The molecule has 1 heterocycles. The lowest BCUT2D eigenvalue weighted by Gasteiger charge is -2.19. The number of hydrogen-bond acceptors (Lipinski definition) is 4. The first kappa shape index (κ1) is 13.6. The van der Waals surface area contributed by atoms with Gasteiger partial charge < -0.3 is 14.6 Å². The van der Waals surface area contributed by atoms with Gasteiger partial charge in [0.15, 0.2) is 0 Å². The molecule has 0 saturated carbocycles. The third-order valence-corrected chi connectivity index (χ3v) is 2.79. The smallest absolute Gasteiger partial charge is 0.407 e. The molecule has 0 aliphatic carbocycles. The van der Waals surface area contributed by atoms with Gasteiger partial charge in [0.05, 0.1) is 12.5 Å². The fourth-order valence-electron chi connectivity index (χ4n) is 1.81. The highest BCUT2D eigenvalue weighted by molar-refractivity contribution is 6.61. The van der Waals surface area contributed by atoms with Crippen molar-refractivity contribution in [1.29, 1.82) is 5.26 Å². The number of amides is 1. The Labute approximate surface area is 112 Å². The number of rotatable bonds is 4. The highest BCUT2D eigenvalue weighted by Gasteiger charge is 2.24. The van der Waals surface area contributed by atoms with Crippen LogP contribution < -0.4 is 10.8 Å². The van der Waals surface area contributed by atoms with Gasteiger partial charge in [-0.05, 0) is 24.0 Å². The van der Waals surface area contributed by atoms with Gasteiger partial charge in [-0.2, -0.15) is 5.26 Å². The molecule has 1 saturated heterocycles. The Balaban J connectivity index is 1.94. The first-order chi connectivity index (χ1) is 9.31. The number of hydrogen-bond donors (Lipinski definition) is 1. The van der Waals surface area contributed by atoms with Gasteiger partial charge in [-0.15, -0.1) is 0 Å². The molecule has 0 radical (unpaired) electrons. The molecule has 1 N–H and O–H groups in total. The van der Waals surface area contributed by atoms with Crippen molar-refractivity contribution in [1.82, 2.24) is 5.32 Å². The molecular weight excluding hydrogens is 243 g/mol. The number of carbonyl (C=O) groups is 1. The molecule has 6 heteroatoms. The van der Waals surface area contributed by atoms with E-state index in [2.05, 4.69) is 5.32 Å². The van der Waals surface area contributed by atoms with Crippen LogP contribution in [-0.2, 0) is 9.31 Å². The number of nitriles is 1. The lowest BCUT2D eigenvalue weighted by Crippen LogP contribution is -2.40. The topological polar surface area (TPSA) is 71.4 Å². The zero-order valence-corrected chi connectivity index (χ0v) is 10.6. The van der Waals surface area contributed by atoms with E-state index in [0.717, 1.165) is 11.9 Å². The maximum Gasteiger partial charge on any atom is 0.493 e. The third-order valence-electron chi connectivity index (χ3n) is 2.79. The minimum Gasteiger partial charge on any atom is -0.407 e. The molecule has 98 valence electrons. The van der Waals surface area contributed by atoms with Gasteiger partial charge >= 0.3 is 7.12 Å². The van der Waals surface area contributed by atoms with Crippen LogP contribution in [0.1, 0.15) is 23.2 Å². The van der Waals surface area contributed by atoms with Crippen molar-refractivity contribution in [2.24, 2.45) is 0 Å². The summed E-state index contributed by atoms with van der Waals surface area (Å²) in [6.07, 6.45) is 1.23. The van der Waals surface area contributed by atoms with Crippen LogP contribution in [0.25, 0.3) is 0 Å². The van der Waals surface area contributed by atoms with Gasteiger partial charge in [0, 0.05) is 25.3 Å². The summed E-state index contributed by atoms with van der Waals surface area (Å²) in [4.78, 5) is 11.7. The Hall–Kier alpha value is -1.84. The fraction of sp³-hybridized carbons (Fsp3) is 0.385. The Morgan fingerprint density at radius 3 is 2.63 bits per heavy atom.